The van der Waals surface area contributed by atoms with Crippen molar-refractivity contribution in [2.24, 2.45) is 0 Å². The molecule has 3 aliphatic carbocycles. The molecule has 0 bridgehead atoms. The SMILES string of the molecule is c1ccc2c(c1)Cc1ccc3c4c(ccc-2c14)-c1ccccc1C31c2ccccc2-c2ccccc21. The van der Waals surface area contributed by atoms with E-state index in [1.54, 1.807) is 0 Å². The molecule has 0 heterocycles. The predicted octanol–water partition coefficient (Wildman–Crippen LogP) is 8.75. The fourth-order valence-corrected chi connectivity index (χ4v) is 7.62. The zero-order valence-electron chi connectivity index (χ0n) is 19.8. The normalized spacial score (nSPS) is 14.8. The number of benzene rings is 6. The Morgan fingerprint density at radius 3 is 1.47 bits per heavy atom. The highest BCUT2D eigenvalue weighted by atomic mass is 14.5. The molecule has 0 aromatic heterocycles. The topological polar surface area (TPSA) is 0 Å². The molecule has 0 N–H and O–H groups in total. The molecule has 0 unspecified atom stereocenters. The van der Waals surface area contributed by atoms with E-state index in [4.69, 9.17) is 0 Å². The third kappa shape index (κ3) is 2.01. The monoisotopic (exact) mass is 454 g/mol. The van der Waals surface area contributed by atoms with Crippen molar-refractivity contribution < 1.29 is 0 Å². The molecule has 6 aromatic rings. The Hall–Kier alpha value is -4.42. The van der Waals surface area contributed by atoms with Crippen LogP contribution in [-0.4, -0.2) is 0 Å². The first-order valence-corrected chi connectivity index (χ1v) is 12.8. The van der Waals surface area contributed by atoms with Crippen molar-refractivity contribution in [1.29, 1.82) is 0 Å². The summed E-state index contributed by atoms with van der Waals surface area (Å²) in [7, 11) is 0. The molecule has 0 saturated heterocycles. The van der Waals surface area contributed by atoms with Crippen LogP contribution < -0.4 is 0 Å². The second-order valence-corrected chi connectivity index (χ2v) is 10.4. The summed E-state index contributed by atoms with van der Waals surface area (Å²) >= 11 is 0. The largest absolute Gasteiger partial charge is 0.0725 e. The number of hydrogen-bond acceptors (Lipinski definition) is 0. The van der Waals surface area contributed by atoms with Gasteiger partial charge in [0.1, 0.15) is 0 Å². The van der Waals surface area contributed by atoms with Crippen molar-refractivity contribution >= 4 is 10.8 Å². The minimum atomic E-state index is -0.315. The van der Waals surface area contributed by atoms with Gasteiger partial charge in [0.05, 0.1) is 5.41 Å². The van der Waals surface area contributed by atoms with Crippen LogP contribution in [0.3, 0.4) is 0 Å². The summed E-state index contributed by atoms with van der Waals surface area (Å²) in [6.45, 7) is 0. The van der Waals surface area contributed by atoms with Crippen molar-refractivity contribution in [2.75, 3.05) is 0 Å². The summed E-state index contributed by atoms with van der Waals surface area (Å²) in [5.41, 5.74) is 16.4. The average molecular weight is 455 g/mol. The van der Waals surface area contributed by atoms with Crippen molar-refractivity contribution in [3.63, 3.8) is 0 Å². The van der Waals surface area contributed by atoms with Crippen LogP contribution in [0, 0.1) is 0 Å². The van der Waals surface area contributed by atoms with Crippen LogP contribution in [0.4, 0.5) is 0 Å². The number of rotatable bonds is 0. The summed E-state index contributed by atoms with van der Waals surface area (Å²) in [6.07, 6.45) is 0.991. The molecule has 6 aromatic carbocycles. The Bertz CT molecular complexity index is 1870. The van der Waals surface area contributed by atoms with E-state index in [2.05, 4.69) is 121 Å². The van der Waals surface area contributed by atoms with Crippen molar-refractivity contribution in [3.8, 4) is 33.4 Å². The van der Waals surface area contributed by atoms with Gasteiger partial charge in [-0.05, 0) is 84.0 Å². The lowest BCUT2D eigenvalue weighted by atomic mass is 9.60. The van der Waals surface area contributed by atoms with E-state index in [0.29, 0.717) is 0 Å². The Morgan fingerprint density at radius 2 is 0.833 bits per heavy atom. The van der Waals surface area contributed by atoms with Gasteiger partial charge in [0.15, 0.2) is 0 Å². The highest BCUT2D eigenvalue weighted by molar-refractivity contribution is 6.14. The molecular formula is C36H22. The van der Waals surface area contributed by atoms with Crippen molar-refractivity contribution in [3.05, 3.63) is 155 Å². The molecule has 166 valence electrons. The van der Waals surface area contributed by atoms with Gasteiger partial charge in [-0.3, -0.25) is 0 Å². The van der Waals surface area contributed by atoms with E-state index in [1.807, 2.05) is 0 Å². The average Bonchev–Trinajstić information content (AvgIpc) is 3.24. The predicted molar refractivity (Wildman–Crippen MR) is 148 cm³/mol. The van der Waals surface area contributed by atoms with Crippen LogP contribution in [-0.2, 0) is 11.8 Å². The third-order valence-electron chi connectivity index (χ3n) is 8.91. The molecule has 0 heteroatoms. The molecule has 9 rings (SSSR count). The smallest absolute Gasteiger partial charge is 0.0619 e. The number of hydrogen-bond donors (Lipinski definition) is 0. The minimum Gasteiger partial charge on any atom is -0.0619 e. The molecule has 0 saturated carbocycles. The minimum absolute atomic E-state index is 0.315. The molecule has 3 aliphatic rings. The van der Waals surface area contributed by atoms with Crippen LogP contribution in [0.2, 0.25) is 0 Å². The van der Waals surface area contributed by atoms with Gasteiger partial charge < -0.3 is 0 Å². The van der Waals surface area contributed by atoms with E-state index in [9.17, 15) is 0 Å². The summed E-state index contributed by atoms with van der Waals surface area (Å²) in [4.78, 5) is 0. The third-order valence-corrected chi connectivity index (χ3v) is 8.91. The second-order valence-electron chi connectivity index (χ2n) is 10.4. The molecular weight excluding hydrogens is 432 g/mol. The van der Waals surface area contributed by atoms with Gasteiger partial charge in [0, 0.05) is 0 Å². The van der Waals surface area contributed by atoms with Gasteiger partial charge in [-0.2, -0.15) is 0 Å². The first kappa shape index (κ1) is 18.9. The van der Waals surface area contributed by atoms with Gasteiger partial charge in [0.25, 0.3) is 0 Å². The quantitative estimate of drug-likeness (QED) is 0.215. The summed E-state index contributed by atoms with van der Waals surface area (Å²) in [5.74, 6) is 0. The highest BCUT2D eigenvalue weighted by Gasteiger charge is 2.50. The molecule has 0 aliphatic heterocycles. The maximum Gasteiger partial charge on any atom is 0.0725 e. The maximum absolute atomic E-state index is 2.45. The van der Waals surface area contributed by atoms with E-state index in [1.165, 1.54) is 77.5 Å². The lowest BCUT2D eigenvalue weighted by Gasteiger charge is -2.41. The van der Waals surface area contributed by atoms with E-state index in [0.717, 1.165) is 6.42 Å². The first-order valence-electron chi connectivity index (χ1n) is 12.8. The molecule has 0 radical (unpaired) electrons. The molecule has 0 amide bonds. The summed E-state index contributed by atoms with van der Waals surface area (Å²) in [6, 6.07) is 45.8. The molecule has 0 fully saturated rings. The number of fused-ring (bicyclic) bond motifs is 11. The zero-order valence-corrected chi connectivity index (χ0v) is 19.8. The second kappa shape index (κ2) is 6.42. The Labute approximate surface area is 210 Å². The highest BCUT2D eigenvalue weighted by Crippen LogP contribution is 2.62. The summed E-state index contributed by atoms with van der Waals surface area (Å²) in [5, 5.41) is 2.88. The summed E-state index contributed by atoms with van der Waals surface area (Å²) < 4.78 is 0. The van der Waals surface area contributed by atoms with E-state index < -0.39 is 0 Å². The van der Waals surface area contributed by atoms with Gasteiger partial charge >= 0.3 is 0 Å². The van der Waals surface area contributed by atoms with Gasteiger partial charge in [-0.1, -0.05) is 121 Å². The van der Waals surface area contributed by atoms with Crippen LogP contribution in [0.15, 0.2) is 121 Å². The lowest BCUT2D eigenvalue weighted by molar-refractivity contribution is 0.773. The molecule has 0 nitrogen and oxygen atoms in total. The van der Waals surface area contributed by atoms with Crippen LogP contribution in [0.5, 0.6) is 0 Å². The molecule has 1 spiro atoms. The molecule has 0 atom stereocenters. The Kier molecular flexibility index (Phi) is 3.36. The fourth-order valence-electron chi connectivity index (χ4n) is 7.62. The lowest BCUT2D eigenvalue weighted by Crippen LogP contribution is -2.32. The van der Waals surface area contributed by atoms with Crippen LogP contribution in [0.1, 0.15) is 33.4 Å². The molecule has 36 heavy (non-hydrogen) atoms. The van der Waals surface area contributed by atoms with Crippen LogP contribution >= 0.6 is 0 Å². The zero-order chi connectivity index (χ0) is 23.4. The van der Waals surface area contributed by atoms with Crippen molar-refractivity contribution in [1.82, 2.24) is 0 Å². The van der Waals surface area contributed by atoms with E-state index >= 15 is 0 Å². The van der Waals surface area contributed by atoms with Gasteiger partial charge in [-0.25, -0.2) is 0 Å². The van der Waals surface area contributed by atoms with Gasteiger partial charge in [-0.15, -0.1) is 0 Å². The Balaban J connectivity index is 1.54. The Morgan fingerprint density at radius 1 is 0.333 bits per heavy atom. The van der Waals surface area contributed by atoms with Crippen molar-refractivity contribution in [2.45, 2.75) is 11.8 Å². The van der Waals surface area contributed by atoms with Gasteiger partial charge in [0.2, 0.25) is 0 Å². The maximum atomic E-state index is 2.45. The standard InChI is InChI=1S/C36H22/c1-2-10-24-22(9-1)21-23-17-20-33-35-29(19-18-28(24)34(23)35)27-13-5-8-16-32(27)36(33)30-14-6-3-11-25(30)26-12-4-7-15-31(26)36/h1-20H,21H2. The van der Waals surface area contributed by atoms with Crippen LogP contribution in [0.25, 0.3) is 44.2 Å². The first-order chi connectivity index (χ1) is 17.9. The fraction of sp³-hybridized carbons (Fsp3) is 0.0556. The van der Waals surface area contributed by atoms with E-state index in [-0.39, 0.29) is 5.41 Å².